The van der Waals surface area contributed by atoms with Gasteiger partial charge >= 0.3 is 0 Å². The Labute approximate surface area is 118 Å². The number of aryl methyl sites for hydroxylation is 2. The smallest absolute Gasteiger partial charge is 0.00838 e. The summed E-state index contributed by atoms with van der Waals surface area (Å²) < 4.78 is 0. The van der Waals surface area contributed by atoms with Gasteiger partial charge in [0.1, 0.15) is 0 Å². The molecular formula is C17H28N2. The molecule has 0 unspecified atom stereocenters. The van der Waals surface area contributed by atoms with Gasteiger partial charge in [-0.2, -0.15) is 0 Å². The van der Waals surface area contributed by atoms with Gasteiger partial charge in [-0.25, -0.2) is 0 Å². The maximum absolute atomic E-state index is 6.11. The fraction of sp³-hybridized carbons (Fsp3) is 0.647. The highest BCUT2D eigenvalue weighted by atomic mass is 15.1. The molecule has 2 rings (SSSR count). The van der Waals surface area contributed by atoms with Crippen LogP contribution in [0.5, 0.6) is 0 Å². The van der Waals surface area contributed by atoms with Crippen LogP contribution in [0.2, 0.25) is 0 Å². The SMILES string of the molecule is Cc1ccc(C2(CN(C)C)CCC(N)CC2)c(C)c1. The van der Waals surface area contributed by atoms with Crippen LogP contribution in [0, 0.1) is 13.8 Å². The zero-order valence-electron chi connectivity index (χ0n) is 12.9. The fourth-order valence-electron chi connectivity index (χ4n) is 3.72. The van der Waals surface area contributed by atoms with E-state index in [0.717, 1.165) is 19.4 Å². The summed E-state index contributed by atoms with van der Waals surface area (Å²) in [6.45, 7) is 5.56. The van der Waals surface area contributed by atoms with Gasteiger partial charge in [-0.15, -0.1) is 0 Å². The average Bonchev–Trinajstić information content (AvgIpc) is 2.32. The Morgan fingerprint density at radius 2 is 1.84 bits per heavy atom. The Morgan fingerprint density at radius 1 is 1.21 bits per heavy atom. The van der Waals surface area contributed by atoms with Crippen molar-refractivity contribution in [1.82, 2.24) is 4.90 Å². The van der Waals surface area contributed by atoms with Crippen LogP contribution in [0.4, 0.5) is 0 Å². The number of hydrogen-bond acceptors (Lipinski definition) is 2. The van der Waals surface area contributed by atoms with E-state index in [2.05, 4.69) is 51.0 Å². The zero-order chi connectivity index (χ0) is 14.0. The number of rotatable bonds is 3. The quantitative estimate of drug-likeness (QED) is 0.905. The Balaban J connectivity index is 2.36. The molecule has 0 heterocycles. The first-order valence-electron chi connectivity index (χ1n) is 7.41. The Morgan fingerprint density at radius 3 is 2.37 bits per heavy atom. The molecule has 0 saturated heterocycles. The molecule has 19 heavy (non-hydrogen) atoms. The largest absolute Gasteiger partial charge is 0.328 e. The Kier molecular flexibility index (Phi) is 4.32. The molecule has 0 atom stereocenters. The summed E-state index contributed by atoms with van der Waals surface area (Å²) in [6, 6.07) is 7.33. The summed E-state index contributed by atoms with van der Waals surface area (Å²) in [5.74, 6) is 0. The molecule has 2 heteroatoms. The lowest BCUT2D eigenvalue weighted by atomic mass is 9.67. The summed E-state index contributed by atoms with van der Waals surface area (Å²) in [5, 5.41) is 0. The zero-order valence-corrected chi connectivity index (χ0v) is 12.9. The minimum atomic E-state index is 0.303. The molecule has 0 radical (unpaired) electrons. The van der Waals surface area contributed by atoms with Crippen molar-refractivity contribution in [2.45, 2.75) is 51.0 Å². The third-order valence-electron chi connectivity index (χ3n) is 4.56. The maximum atomic E-state index is 6.11. The van der Waals surface area contributed by atoms with Crippen molar-refractivity contribution in [1.29, 1.82) is 0 Å². The first-order valence-corrected chi connectivity index (χ1v) is 7.41. The first-order chi connectivity index (χ1) is 8.93. The second-order valence-corrected chi connectivity index (χ2v) is 6.67. The molecule has 106 valence electrons. The first kappa shape index (κ1) is 14.5. The van der Waals surface area contributed by atoms with Gasteiger partial charge in [0.2, 0.25) is 0 Å². The molecule has 1 saturated carbocycles. The number of nitrogens with zero attached hydrogens (tertiary/aromatic N) is 1. The summed E-state index contributed by atoms with van der Waals surface area (Å²) in [7, 11) is 4.36. The molecular weight excluding hydrogens is 232 g/mol. The van der Waals surface area contributed by atoms with Crippen molar-refractivity contribution in [3.63, 3.8) is 0 Å². The van der Waals surface area contributed by atoms with E-state index in [4.69, 9.17) is 5.73 Å². The number of nitrogens with two attached hydrogens (primary N) is 1. The van der Waals surface area contributed by atoms with Crippen molar-refractivity contribution >= 4 is 0 Å². The van der Waals surface area contributed by atoms with Gasteiger partial charge in [0.15, 0.2) is 0 Å². The van der Waals surface area contributed by atoms with Crippen molar-refractivity contribution in [3.8, 4) is 0 Å². The van der Waals surface area contributed by atoms with E-state index >= 15 is 0 Å². The fourth-order valence-corrected chi connectivity index (χ4v) is 3.72. The van der Waals surface area contributed by atoms with Crippen LogP contribution in [0.3, 0.4) is 0 Å². The lowest BCUT2D eigenvalue weighted by molar-refractivity contribution is 0.203. The number of hydrogen-bond donors (Lipinski definition) is 1. The number of likely N-dealkylation sites (N-methyl/N-ethyl adjacent to an activating group) is 1. The normalized spacial score (nSPS) is 27.8. The van der Waals surface area contributed by atoms with E-state index in [1.54, 1.807) is 5.56 Å². The molecule has 1 fully saturated rings. The van der Waals surface area contributed by atoms with Crippen LogP contribution < -0.4 is 5.73 Å². The third-order valence-corrected chi connectivity index (χ3v) is 4.56. The predicted molar refractivity (Wildman–Crippen MR) is 82.6 cm³/mol. The van der Waals surface area contributed by atoms with Crippen LogP contribution >= 0.6 is 0 Å². The summed E-state index contributed by atoms with van der Waals surface area (Å²) >= 11 is 0. The van der Waals surface area contributed by atoms with Crippen LogP contribution in [-0.2, 0) is 5.41 Å². The van der Waals surface area contributed by atoms with E-state index in [9.17, 15) is 0 Å². The van der Waals surface area contributed by atoms with Gasteiger partial charge in [0, 0.05) is 18.0 Å². The van der Waals surface area contributed by atoms with Gasteiger partial charge in [-0.3, -0.25) is 0 Å². The third kappa shape index (κ3) is 3.18. The van der Waals surface area contributed by atoms with Crippen LogP contribution in [-0.4, -0.2) is 31.6 Å². The molecule has 1 aliphatic rings. The predicted octanol–water partition coefficient (Wildman–Crippen LogP) is 3.00. The van der Waals surface area contributed by atoms with E-state index in [1.807, 2.05) is 0 Å². The molecule has 1 aliphatic carbocycles. The Bertz CT molecular complexity index is 429. The van der Waals surface area contributed by atoms with Gasteiger partial charge in [-0.05, 0) is 64.8 Å². The van der Waals surface area contributed by atoms with E-state index in [-0.39, 0.29) is 0 Å². The topological polar surface area (TPSA) is 29.3 Å². The van der Waals surface area contributed by atoms with Crippen molar-refractivity contribution in [2.75, 3.05) is 20.6 Å². The molecule has 0 spiro atoms. The average molecular weight is 260 g/mol. The van der Waals surface area contributed by atoms with Crippen molar-refractivity contribution in [3.05, 3.63) is 34.9 Å². The van der Waals surface area contributed by atoms with Gasteiger partial charge in [0.25, 0.3) is 0 Å². The van der Waals surface area contributed by atoms with Gasteiger partial charge in [-0.1, -0.05) is 23.8 Å². The van der Waals surface area contributed by atoms with Crippen LogP contribution in [0.15, 0.2) is 18.2 Å². The highest BCUT2D eigenvalue weighted by Crippen LogP contribution is 2.41. The highest BCUT2D eigenvalue weighted by Gasteiger charge is 2.37. The Hall–Kier alpha value is -0.860. The minimum absolute atomic E-state index is 0.303. The lowest BCUT2D eigenvalue weighted by Gasteiger charge is -2.42. The van der Waals surface area contributed by atoms with E-state index in [0.29, 0.717) is 11.5 Å². The molecule has 0 aromatic heterocycles. The molecule has 1 aromatic carbocycles. The van der Waals surface area contributed by atoms with Crippen molar-refractivity contribution < 1.29 is 0 Å². The lowest BCUT2D eigenvalue weighted by Crippen LogP contribution is -2.44. The molecule has 0 aliphatic heterocycles. The van der Waals surface area contributed by atoms with E-state index < -0.39 is 0 Å². The second-order valence-electron chi connectivity index (χ2n) is 6.67. The number of benzene rings is 1. The monoisotopic (exact) mass is 260 g/mol. The second kappa shape index (κ2) is 5.64. The van der Waals surface area contributed by atoms with Gasteiger partial charge in [0.05, 0.1) is 0 Å². The standard InChI is InChI=1S/C17H28N2/c1-13-5-6-16(14(2)11-13)17(12-19(3)4)9-7-15(18)8-10-17/h5-6,11,15H,7-10,12,18H2,1-4H3. The van der Waals surface area contributed by atoms with Crippen LogP contribution in [0.1, 0.15) is 42.4 Å². The van der Waals surface area contributed by atoms with E-state index in [1.165, 1.54) is 24.0 Å². The summed E-state index contributed by atoms with van der Waals surface area (Å²) in [4.78, 5) is 2.33. The van der Waals surface area contributed by atoms with Gasteiger partial charge < -0.3 is 10.6 Å². The molecule has 0 bridgehead atoms. The summed E-state index contributed by atoms with van der Waals surface area (Å²) in [6.07, 6.45) is 4.74. The van der Waals surface area contributed by atoms with Crippen molar-refractivity contribution in [2.24, 2.45) is 5.73 Å². The maximum Gasteiger partial charge on any atom is 0.00838 e. The van der Waals surface area contributed by atoms with Crippen LogP contribution in [0.25, 0.3) is 0 Å². The highest BCUT2D eigenvalue weighted by molar-refractivity contribution is 5.37. The molecule has 2 N–H and O–H groups in total. The minimum Gasteiger partial charge on any atom is -0.328 e. The summed E-state index contributed by atoms with van der Waals surface area (Å²) in [5.41, 5.74) is 10.8. The molecule has 1 aromatic rings. The molecule has 0 amide bonds. The molecule has 2 nitrogen and oxygen atoms in total.